The summed E-state index contributed by atoms with van der Waals surface area (Å²) in [7, 11) is 0. The Labute approximate surface area is 176 Å². The van der Waals surface area contributed by atoms with Crippen molar-refractivity contribution in [3.63, 3.8) is 0 Å². The van der Waals surface area contributed by atoms with E-state index in [0.29, 0.717) is 34.5 Å². The monoisotopic (exact) mass is 430 g/mol. The third-order valence-corrected chi connectivity index (χ3v) is 6.09. The molecule has 1 aromatic carbocycles. The lowest BCUT2D eigenvalue weighted by Crippen LogP contribution is -2.28. The third kappa shape index (κ3) is 3.41. The number of halogens is 3. The summed E-state index contributed by atoms with van der Waals surface area (Å²) in [6.45, 7) is 3.90. The second-order valence-electron chi connectivity index (χ2n) is 8.45. The highest BCUT2D eigenvalue weighted by Gasteiger charge is 2.40. The van der Waals surface area contributed by atoms with E-state index in [1.807, 2.05) is 6.92 Å². The van der Waals surface area contributed by atoms with Crippen molar-refractivity contribution in [2.75, 3.05) is 11.9 Å². The van der Waals surface area contributed by atoms with Crippen molar-refractivity contribution < 1.29 is 17.9 Å². The van der Waals surface area contributed by atoms with Gasteiger partial charge in [-0.05, 0) is 32.8 Å². The number of aromatic nitrogens is 3. The molecule has 0 unspecified atom stereocenters. The molecule has 1 N–H and O–H groups in total. The Hall–Kier alpha value is -3.10. The minimum atomic E-state index is -4.50. The summed E-state index contributed by atoms with van der Waals surface area (Å²) < 4.78 is 47.4. The average molecular weight is 430 g/mol. The summed E-state index contributed by atoms with van der Waals surface area (Å²) in [5, 5.41) is 3.97. The molecular weight excluding hydrogens is 409 g/mol. The molecule has 0 amide bonds. The van der Waals surface area contributed by atoms with E-state index in [9.17, 15) is 18.0 Å². The maximum atomic E-state index is 13.4. The van der Waals surface area contributed by atoms with Crippen molar-refractivity contribution in [1.82, 2.24) is 14.5 Å². The molecule has 0 spiro atoms. The molecule has 6 nitrogen and oxygen atoms in total. The van der Waals surface area contributed by atoms with Crippen LogP contribution in [0.15, 0.2) is 35.3 Å². The second-order valence-corrected chi connectivity index (χ2v) is 8.45. The average Bonchev–Trinajstić information content (AvgIpc) is 3.44. The SMILES string of the molecule is Cc1nc(N[C@@H]2CCOc3c2cccc3C(F)(F)F)c2cn(C3(C)CC3)c(=O)cc2n1. The van der Waals surface area contributed by atoms with Crippen molar-refractivity contribution >= 4 is 16.7 Å². The predicted molar refractivity (Wildman–Crippen MR) is 109 cm³/mol. The van der Waals surface area contributed by atoms with Crippen molar-refractivity contribution in [2.24, 2.45) is 0 Å². The number of alkyl halides is 3. The number of hydrogen-bond donors (Lipinski definition) is 1. The summed E-state index contributed by atoms with van der Waals surface area (Å²) in [6, 6.07) is 5.14. The second kappa shape index (κ2) is 6.70. The van der Waals surface area contributed by atoms with Gasteiger partial charge < -0.3 is 14.6 Å². The molecule has 1 atom stereocenters. The van der Waals surface area contributed by atoms with Crippen LogP contribution in [0.2, 0.25) is 0 Å². The lowest BCUT2D eigenvalue weighted by molar-refractivity contribution is -0.139. The molecule has 0 radical (unpaired) electrons. The molecule has 0 saturated heterocycles. The van der Waals surface area contributed by atoms with Crippen molar-refractivity contribution in [1.29, 1.82) is 0 Å². The summed E-state index contributed by atoms with van der Waals surface area (Å²) >= 11 is 0. The number of benzene rings is 1. The Morgan fingerprint density at radius 2 is 2.03 bits per heavy atom. The van der Waals surface area contributed by atoms with Crippen LogP contribution in [-0.2, 0) is 11.7 Å². The van der Waals surface area contributed by atoms with Crippen LogP contribution in [0, 0.1) is 6.92 Å². The van der Waals surface area contributed by atoms with Gasteiger partial charge in [-0.15, -0.1) is 0 Å². The zero-order chi connectivity index (χ0) is 22.0. The molecule has 0 bridgehead atoms. The summed E-state index contributed by atoms with van der Waals surface area (Å²) in [5.41, 5.74) is -0.163. The smallest absolute Gasteiger partial charge is 0.419 e. The molecule has 9 heteroatoms. The zero-order valence-electron chi connectivity index (χ0n) is 17.1. The molecule has 31 heavy (non-hydrogen) atoms. The number of fused-ring (bicyclic) bond motifs is 2. The summed E-state index contributed by atoms with van der Waals surface area (Å²) in [6.07, 6.45) is -0.418. The zero-order valence-corrected chi connectivity index (χ0v) is 17.1. The number of hydrogen-bond acceptors (Lipinski definition) is 5. The van der Waals surface area contributed by atoms with E-state index in [0.717, 1.165) is 18.9 Å². The maximum Gasteiger partial charge on any atom is 0.419 e. The van der Waals surface area contributed by atoms with Gasteiger partial charge in [-0.2, -0.15) is 13.2 Å². The third-order valence-electron chi connectivity index (χ3n) is 6.09. The number of pyridine rings is 1. The molecule has 5 rings (SSSR count). The molecule has 2 aliphatic rings. The number of ether oxygens (including phenoxy) is 1. The molecule has 3 heterocycles. The number of rotatable bonds is 3. The van der Waals surface area contributed by atoms with Crippen LogP contribution in [0.5, 0.6) is 5.75 Å². The van der Waals surface area contributed by atoms with Crippen LogP contribution in [0.3, 0.4) is 0 Å². The minimum absolute atomic E-state index is 0.122. The standard InChI is InChI=1S/C22H21F3N4O2/c1-12-26-17-10-18(30)29(21(2)7-8-21)11-14(17)20(27-12)28-16-6-9-31-19-13(16)4-3-5-15(19)22(23,24)25/h3-5,10-11,16H,6-9H2,1-2H3,(H,26,27,28)/t16-/m1/s1. The Bertz CT molecular complexity index is 1250. The van der Waals surface area contributed by atoms with Crippen molar-refractivity contribution in [2.45, 2.75) is 50.9 Å². The summed E-state index contributed by atoms with van der Waals surface area (Å²) in [5.74, 6) is 0.827. The van der Waals surface area contributed by atoms with Crippen LogP contribution in [-0.4, -0.2) is 21.1 Å². The minimum Gasteiger partial charge on any atom is -0.492 e. The van der Waals surface area contributed by atoms with Gasteiger partial charge in [-0.3, -0.25) is 4.79 Å². The molecular formula is C22H21F3N4O2. The van der Waals surface area contributed by atoms with E-state index in [-0.39, 0.29) is 23.5 Å². The molecule has 1 aliphatic carbocycles. The van der Waals surface area contributed by atoms with Crippen molar-refractivity contribution in [3.05, 3.63) is 57.8 Å². The van der Waals surface area contributed by atoms with Crippen LogP contribution in [0.1, 0.15) is 49.2 Å². The first kappa shape index (κ1) is 19.8. The maximum absolute atomic E-state index is 13.4. The Morgan fingerprint density at radius 1 is 1.26 bits per heavy atom. The molecule has 1 saturated carbocycles. The van der Waals surface area contributed by atoms with Crippen LogP contribution < -0.4 is 15.6 Å². The molecule has 162 valence electrons. The van der Waals surface area contributed by atoms with E-state index >= 15 is 0 Å². The number of para-hydroxylation sites is 1. The quantitative estimate of drug-likeness (QED) is 0.660. The molecule has 1 fully saturated rings. The van der Waals surface area contributed by atoms with Gasteiger partial charge in [0.2, 0.25) is 0 Å². The normalized spacial score (nSPS) is 19.6. The van der Waals surface area contributed by atoms with Gasteiger partial charge >= 0.3 is 6.18 Å². The lowest BCUT2D eigenvalue weighted by atomic mass is 9.97. The van der Waals surface area contributed by atoms with E-state index in [1.54, 1.807) is 23.8 Å². The van der Waals surface area contributed by atoms with E-state index in [1.165, 1.54) is 12.1 Å². The van der Waals surface area contributed by atoms with Gasteiger partial charge in [-0.25, -0.2) is 9.97 Å². The van der Waals surface area contributed by atoms with Gasteiger partial charge in [0.05, 0.1) is 29.1 Å². The Balaban J connectivity index is 1.60. The Morgan fingerprint density at radius 3 is 2.74 bits per heavy atom. The van der Waals surface area contributed by atoms with Crippen LogP contribution >= 0.6 is 0 Å². The predicted octanol–water partition coefficient (Wildman–Crippen LogP) is 4.56. The van der Waals surface area contributed by atoms with Gasteiger partial charge in [0.25, 0.3) is 5.56 Å². The highest BCUT2D eigenvalue weighted by atomic mass is 19.4. The lowest BCUT2D eigenvalue weighted by Gasteiger charge is -2.29. The number of anilines is 1. The largest absolute Gasteiger partial charge is 0.492 e. The first-order valence-corrected chi connectivity index (χ1v) is 10.2. The highest BCUT2D eigenvalue weighted by molar-refractivity contribution is 5.88. The molecule has 3 aromatic rings. The topological polar surface area (TPSA) is 69.0 Å². The van der Waals surface area contributed by atoms with E-state index in [2.05, 4.69) is 15.3 Å². The first-order valence-electron chi connectivity index (χ1n) is 10.2. The molecule has 1 aliphatic heterocycles. The first-order chi connectivity index (χ1) is 14.7. The van der Waals surface area contributed by atoms with Gasteiger partial charge in [0.15, 0.2) is 0 Å². The molecule has 2 aromatic heterocycles. The van der Waals surface area contributed by atoms with Crippen LogP contribution in [0.4, 0.5) is 19.0 Å². The van der Waals surface area contributed by atoms with Gasteiger partial charge in [0, 0.05) is 29.8 Å². The Kier molecular flexibility index (Phi) is 4.29. The number of nitrogens with one attached hydrogen (secondary N) is 1. The van der Waals surface area contributed by atoms with E-state index < -0.39 is 17.8 Å². The number of nitrogens with zero attached hydrogens (tertiary/aromatic N) is 3. The number of aryl methyl sites for hydroxylation is 1. The van der Waals surface area contributed by atoms with Crippen LogP contribution in [0.25, 0.3) is 10.9 Å². The van der Waals surface area contributed by atoms with E-state index in [4.69, 9.17) is 4.74 Å². The van der Waals surface area contributed by atoms with Gasteiger partial charge in [-0.1, -0.05) is 12.1 Å². The fourth-order valence-electron chi connectivity index (χ4n) is 4.14. The fourth-order valence-corrected chi connectivity index (χ4v) is 4.14. The summed E-state index contributed by atoms with van der Waals surface area (Å²) in [4.78, 5) is 21.5. The van der Waals surface area contributed by atoms with Crippen molar-refractivity contribution in [3.8, 4) is 5.75 Å². The fraction of sp³-hybridized carbons (Fsp3) is 0.409. The highest BCUT2D eigenvalue weighted by Crippen LogP contribution is 2.44. The van der Waals surface area contributed by atoms with Gasteiger partial charge in [0.1, 0.15) is 17.4 Å².